The molecule has 2 heterocycles. The summed E-state index contributed by atoms with van der Waals surface area (Å²) in [5.74, 6) is -1.41. The smallest absolute Gasteiger partial charge is 0.335 e. The van der Waals surface area contributed by atoms with Crippen molar-refractivity contribution in [2.45, 2.75) is 27.7 Å². The number of hydrogen-bond acceptors (Lipinski definition) is 4. The molecule has 1 aliphatic rings. The summed E-state index contributed by atoms with van der Waals surface area (Å²) < 4.78 is 2.08. The second-order valence-corrected chi connectivity index (χ2v) is 8.72. The molecule has 0 radical (unpaired) electrons. The molecular weight excluding hydrogens is 464 g/mol. The number of carbonyl (C=O) groups excluding carboxylic acids is 3. The Morgan fingerprint density at radius 2 is 1.51 bits per heavy atom. The number of aryl methyl sites for hydroxylation is 1. The van der Waals surface area contributed by atoms with Crippen LogP contribution in [0, 0.1) is 13.8 Å². The van der Waals surface area contributed by atoms with Crippen LogP contribution in [-0.4, -0.2) is 35.5 Å². The van der Waals surface area contributed by atoms with Crippen molar-refractivity contribution in [2.24, 2.45) is 0 Å². The first kappa shape index (κ1) is 24.3. The molecule has 7 nitrogen and oxygen atoms in total. The number of urea groups is 1. The van der Waals surface area contributed by atoms with Gasteiger partial charge in [-0.15, -0.1) is 0 Å². The third-order valence-corrected chi connectivity index (χ3v) is 6.45. The first-order chi connectivity index (χ1) is 16.7. The SMILES string of the molecule is CCN(CC)c1ccc(-n2c(C)cc(/C=C3\C(=O)NC(=O)N(c4ccc(Cl)cc4)C3=O)c2C)cc1. The Kier molecular flexibility index (Phi) is 6.80. The highest BCUT2D eigenvalue weighted by Gasteiger charge is 2.37. The summed E-state index contributed by atoms with van der Waals surface area (Å²) in [6, 6.07) is 15.7. The van der Waals surface area contributed by atoms with E-state index in [1.807, 2.05) is 19.9 Å². The second kappa shape index (κ2) is 9.80. The molecule has 0 saturated carbocycles. The van der Waals surface area contributed by atoms with Gasteiger partial charge in [0, 0.05) is 40.9 Å². The van der Waals surface area contributed by atoms with E-state index in [9.17, 15) is 14.4 Å². The van der Waals surface area contributed by atoms with Gasteiger partial charge in [-0.1, -0.05) is 11.6 Å². The van der Waals surface area contributed by atoms with Crippen molar-refractivity contribution >= 4 is 46.9 Å². The van der Waals surface area contributed by atoms with Gasteiger partial charge in [0.05, 0.1) is 5.69 Å². The number of nitrogens with zero attached hydrogens (tertiary/aromatic N) is 3. The van der Waals surface area contributed by atoms with Gasteiger partial charge in [-0.25, -0.2) is 9.69 Å². The molecule has 0 spiro atoms. The van der Waals surface area contributed by atoms with Crippen LogP contribution in [0.2, 0.25) is 5.02 Å². The van der Waals surface area contributed by atoms with Gasteiger partial charge in [0.2, 0.25) is 0 Å². The van der Waals surface area contributed by atoms with Gasteiger partial charge in [-0.05, 0) is 93.9 Å². The van der Waals surface area contributed by atoms with Crippen LogP contribution < -0.4 is 15.1 Å². The maximum atomic E-state index is 13.2. The lowest BCUT2D eigenvalue weighted by molar-refractivity contribution is -0.122. The third kappa shape index (κ3) is 4.59. The number of halogens is 1. The van der Waals surface area contributed by atoms with Crippen LogP contribution in [0.5, 0.6) is 0 Å². The molecular formula is C27H27ClN4O3. The number of hydrogen-bond donors (Lipinski definition) is 1. The van der Waals surface area contributed by atoms with Gasteiger partial charge in [-0.3, -0.25) is 14.9 Å². The van der Waals surface area contributed by atoms with Gasteiger partial charge >= 0.3 is 6.03 Å². The van der Waals surface area contributed by atoms with Crippen LogP contribution in [0.4, 0.5) is 16.2 Å². The molecule has 0 atom stereocenters. The van der Waals surface area contributed by atoms with Crippen LogP contribution in [0.25, 0.3) is 11.8 Å². The Morgan fingerprint density at radius 3 is 2.11 bits per heavy atom. The van der Waals surface area contributed by atoms with Crippen molar-refractivity contribution in [3.63, 3.8) is 0 Å². The molecule has 1 aliphatic heterocycles. The largest absolute Gasteiger partial charge is 0.372 e. The van der Waals surface area contributed by atoms with Crippen LogP contribution in [0.3, 0.4) is 0 Å². The Morgan fingerprint density at radius 1 is 0.914 bits per heavy atom. The summed E-state index contributed by atoms with van der Waals surface area (Å²) in [5.41, 5.74) is 4.91. The Balaban J connectivity index is 1.70. The van der Waals surface area contributed by atoms with E-state index in [-0.39, 0.29) is 5.57 Å². The summed E-state index contributed by atoms with van der Waals surface area (Å²) in [7, 11) is 0. The molecule has 0 bridgehead atoms. The topological polar surface area (TPSA) is 74.7 Å². The summed E-state index contributed by atoms with van der Waals surface area (Å²) in [6.07, 6.45) is 1.54. The zero-order valence-electron chi connectivity index (χ0n) is 20.1. The molecule has 1 N–H and O–H groups in total. The van der Waals surface area contributed by atoms with Crippen LogP contribution in [0.15, 0.2) is 60.2 Å². The molecule has 0 unspecified atom stereocenters. The standard InChI is InChI=1S/C27H27ClN4O3/c1-5-30(6-2)21-11-13-22(14-12-21)31-17(3)15-19(18(31)4)16-24-25(33)29-27(35)32(26(24)34)23-9-7-20(28)8-10-23/h7-16H,5-6H2,1-4H3,(H,29,33,35)/b24-16+. The normalized spacial score (nSPS) is 15.1. The van der Waals surface area contributed by atoms with Gasteiger partial charge in [0.25, 0.3) is 11.8 Å². The Hall–Kier alpha value is -3.84. The molecule has 4 amide bonds. The molecule has 8 heteroatoms. The number of nitrogens with one attached hydrogen (secondary N) is 1. The van der Waals surface area contributed by atoms with Crippen molar-refractivity contribution < 1.29 is 14.4 Å². The molecule has 1 fully saturated rings. The van der Waals surface area contributed by atoms with E-state index in [2.05, 4.69) is 52.9 Å². The number of benzene rings is 2. The van der Waals surface area contributed by atoms with E-state index in [0.29, 0.717) is 10.7 Å². The maximum Gasteiger partial charge on any atom is 0.335 e. The van der Waals surface area contributed by atoms with Gasteiger partial charge in [0.15, 0.2) is 0 Å². The zero-order valence-corrected chi connectivity index (χ0v) is 20.9. The minimum absolute atomic E-state index is 0.114. The summed E-state index contributed by atoms with van der Waals surface area (Å²) in [6.45, 7) is 10.0. The van der Waals surface area contributed by atoms with Gasteiger partial charge < -0.3 is 9.47 Å². The fourth-order valence-electron chi connectivity index (χ4n) is 4.37. The van der Waals surface area contributed by atoms with Crippen molar-refractivity contribution in [1.29, 1.82) is 0 Å². The number of amides is 4. The van der Waals surface area contributed by atoms with Crippen molar-refractivity contribution in [2.75, 3.05) is 22.9 Å². The number of imide groups is 2. The lowest BCUT2D eigenvalue weighted by Gasteiger charge is -2.26. The lowest BCUT2D eigenvalue weighted by atomic mass is 10.1. The highest BCUT2D eigenvalue weighted by atomic mass is 35.5. The highest BCUT2D eigenvalue weighted by Crippen LogP contribution is 2.27. The first-order valence-electron chi connectivity index (χ1n) is 11.5. The summed E-state index contributed by atoms with van der Waals surface area (Å²) in [4.78, 5) is 41.4. The first-order valence-corrected chi connectivity index (χ1v) is 11.8. The molecule has 1 saturated heterocycles. The van der Waals surface area contributed by atoms with Crippen LogP contribution >= 0.6 is 11.6 Å². The third-order valence-electron chi connectivity index (χ3n) is 6.19. The molecule has 3 aromatic rings. The predicted octanol–water partition coefficient (Wildman–Crippen LogP) is 5.26. The Labute approximate surface area is 209 Å². The number of rotatable bonds is 6. The zero-order chi connectivity index (χ0) is 25.3. The fraction of sp³-hybridized carbons (Fsp3) is 0.222. The highest BCUT2D eigenvalue weighted by molar-refractivity contribution is 6.39. The molecule has 4 rings (SSSR count). The lowest BCUT2D eigenvalue weighted by Crippen LogP contribution is -2.54. The maximum absolute atomic E-state index is 13.2. The van der Waals surface area contributed by atoms with Gasteiger partial charge in [0.1, 0.15) is 5.57 Å². The number of aromatic nitrogens is 1. The number of carbonyl (C=O) groups is 3. The van der Waals surface area contributed by atoms with E-state index in [4.69, 9.17) is 11.6 Å². The molecule has 2 aromatic carbocycles. The second-order valence-electron chi connectivity index (χ2n) is 8.28. The van der Waals surface area contributed by atoms with Crippen LogP contribution in [-0.2, 0) is 9.59 Å². The average molecular weight is 491 g/mol. The summed E-state index contributed by atoms with van der Waals surface area (Å²) >= 11 is 5.93. The molecule has 180 valence electrons. The van der Waals surface area contributed by atoms with Crippen LogP contribution in [0.1, 0.15) is 30.8 Å². The average Bonchev–Trinajstić information content (AvgIpc) is 3.11. The minimum atomic E-state index is -0.793. The van der Waals surface area contributed by atoms with E-state index in [1.165, 1.54) is 6.08 Å². The van der Waals surface area contributed by atoms with E-state index in [0.717, 1.165) is 46.3 Å². The number of anilines is 2. The van der Waals surface area contributed by atoms with Gasteiger partial charge in [-0.2, -0.15) is 0 Å². The fourth-order valence-corrected chi connectivity index (χ4v) is 4.50. The van der Waals surface area contributed by atoms with E-state index < -0.39 is 17.8 Å². The predicted molar refractivity (Wildman–Crippen MR) is 139 cm³/mol. The monoisotopic (exact) mass is 490 g/mol. The minimum Gasteiger partial charge on any atom is -0.372 e. The Bertz CT molecular complexity index is 1320. The van der Waals surface area contributed by atoms with Crippen molar-refractivity contribution in [1.82, 2.24) is 9.88 Å². The van der Waals surface area contributed by atoms with Crippen molar-refractivity contribution in [3.8, 4) is 5.69 Å². The molecule has 35 heavy (non-hydrogen) atoms. The molecule has 1 aromatic heterocycles. The summed E-state index contributed by atoms with van der Waals surface area (Å²) in [5, 5.41) is 2.73. The van der Waals surface area contributed by atoms with E-state index >= 15 is 0 Å². The van der Waals surface area contributed by atoms with Crippen molar-refractivity contribution in [3.05, 3.63) is 82.1 Å². The molecule has 0 aliphatic carbocycles. The number of barbiturate groups is 1. The quantitative estimate of drug-likeness (QED) is 0.378. The van der Waals surface area contributed by atoms with E-state index in [1.54, 1.807) is 24.3 Å².